The van der Waals surface area contributed by atoms with Gasteiger partial charge in [-0.3, -0.25) is 4.79 Å². The standard InChI is InChI=1S/C16H13N3O/c20-15-8-4-7-14-13(15)10-19-16(18-14)12(9-17-19)11-5-2-1-3-6-11/h1-3,5-6,9-10H,4,7-8H2. The molecule has 0 radical (unpaired) electrons. The van der Waals surface area contributed by atoms with E-state index in [4.69, 9.17) is 0 Å². The smallest absolute Gasteiger partial charge is 0.166 e. The predicted molar refractivity (Wildman–Crippen MR) is 75.7 cm³/mol. The Hall–Kier alpha value is -2.49. The Labute approximate surface area is 116 Å². The summed E-state index contributed by atoms with van der Waals surface area (Å²) in [6.07, 6.45) is 6.02. The maximum absolute atomic E-state index is 11.9. The van der Waals surface area contributed by atoms with Crippen molar-refractivity contribution in [3.05, 3.63) is 54.0 Å². The van der Waals surface area contributed by atoms with Gasteiger partial charge in [0.2, 0.25) is 0 Å². The van der Waals surface area contributed by atoms with Gasteiger partial charge >= 0.3 is 0 Å². The number of Topliss-reactive ketones (excluding diaryl/α,β-unsaturated/α-hetero) is 1. The zero-order valence-corrected chi connectivity index (χ0v) is 10.9. The number of ketones is 1. The highest BCUT2D eigenvalue weighted by atomic mass is 16.1. The minimum absolute atomic E-state index is 0.178. The quantitative estimate of drug-likeness (QED) is 0.678. The summed E-state index contributed by atoms with van der Waals surface area (Å²) in [5.41, 5.74) is 4.56. The van der Waals surface area contributed by atoms with Crippen LogP contribution in [-0.4, -0.2) is 20.4 Å². The van der Waals surface area contributed by atoms with Crippen molar-refractivity contribution in [2.45, 2.75) is 19.3 Å². The van der Waals surface area contributed by atoms with Gasteiger partial charge in [-0.15, -0.1) is 0 Å². The predicted octanol–water partition coefficient (Wildman–Crippen LogP) is 2.92. The summed E-state index contributed by atoms with van der Waals surface area (Å²) >= 11 is 0. The van der Waals surface area contributed by atoms with Gasteiger partial charge < -0.3 is 0 Å². The molecule has 0 amide bonds. The zero-order valence-electron chi connectivity index (χ0n) is 10.9. The van der Waals surface area contributed by atoms with Crippen molar-refractivity contribution in [3.8, 4) is 11.1 Å². The maximum atomic E-state index is 11.9. The Morgan fingerprint density at radius 1 is 1.05 bits per heavy atom. The van der Waals surface area contributed by atoms with Crippen LogP contribution in [0.4, 0.5) is 0 Å². The van der Waals surface area contributed by atoms with Gasteiger partial charge in [0.1, 0.15) is 0 Å². The van der Waals surface area contributed by atoms with Crippen LogP contribution in [0.2, 0.25) is 0 Å². The fourth-order valence-corrected chi connectivity index (χ4v) is 2.74. The summed E-state index contributed by atoms with van der Waals surface area (Å²) < 4.78 is 1.71. The lowest BCUT2D eigenvalue weighted by atomic mass is 9.96. The highest BCUT2D eigenvalue weighted by molar-refractivity contribution is 5.98. The van der Waals surface area contributed by atoms with E-state index in [9.17, 15) is 4.79 Å². The van der Waals surface area contributed by atoms with Crippen LogP contribution < -0.4 is 0 Å². The van der Waals surface area contributed by atoms with Gasteiger partial charge in [-0.2, -0.15) is 5.10 Å². The van der Waals surface area contributed by atoms with Crippen LogP contribution in [-0.2, 0) is 6.42 Å². The third kappa shape index (κ3) is 1.65. The number of hydrogen-bond donors (Lipinski definition) is 0. The summed E-state index contributed by atoms with van der Waals surface area (Å²) in [4.78, 5) is 16.6. The van der Waals surface area contributed by atoms with E-state index in [2.05, 4.69) is 10.1 Å². The van der Waals surface area contributed by atoms with E-state index in [1.165, 1.54) is 0 Å². The average Bonchev–Trinajstić information content (AvgIpc) is 2.90. The van der Waals surface area contributed by atoms with Crippen molar-refractivity contribution < 1.29 is 4.79 Å². The Balaban J connectivity index is 1.96. The molecule has 0 saturated carbocycles. The number of benzene rings is 1. The van der Waals surface area contributed by atoms with Gasteiger partial charge in [-0.25, -0.2) is 9.50 Å². The lowest BCUT2D eigenvalue weighted by molar-refractivity contribution is 0.0971. The van der Waals surface area contributed by atoms with Crippen LogP contribution in [0.1, 0.15) is 28.9 Å². The van der Waals surface area contributed by atoms with Crippen molar-refractivity contribution in [1.29, 1.82) is 0 Å². The van der Waals surface area contributed by atoms with Crippen molar-refractivity contribution in [2.24, 2.45) is 0 Å². The van der Waals surface area contributed by atoms with Gasteiger partial charge in [0, 0.05) is 18.2 Å². The summed E-state index contributed by atoms with van der Waals surface area (Å²) in [5.74, 6) is 0.178. The minimum Gasteiger partial charge on any atom is -0.294 e. The molecule has 0 fully saturated rings. The number of aromatic nitrogens is 3. The Bertz CT molecular complexity index is 805. The van der Waals surface area contributed by atoms with E-state index in [0.717, 1.165) is 40.9 Å². The SMILES string of the molecule is O=C1CCCc2nc3c(-c4ccccc4)cnn3cc21. The average molecular weight is 263 g/mol. The molecule has 0 spiro atoms. The van der Waals surface area contributed by atoms with E-state index >= 15 is 0 Å². The van der Waals surface area contributed by atoms with Crippen LogP contribution in [0.3, 0.4) is 0 Å². The second kappa shape index (κ2) is 4.27. The van der Waals surface area contributed by atoms with Crippen LogP contribution in [0.25, 0.3) is 16.8 Å². The lowest BCUT2D eigenvalue weighted by Gasteiger charge is -2.13. The molecule has 0 saturated heterocycles. The van der Waals surface area contributed by atoms with Crippen molar-refractivity contribution in [1.82, 2.24) is 14.6 Å². The molecule has 4 rings (SSSR count). The largest absolute Gasteiger partial charge is 0.294 e. The highest BCUT2D eigenvalue weighted by Gasteiger charge is 2.20. The van der Waals surface area contributed by atoms with E-state index in [1.54, 1.807) is 4.52 Å². The number of fused-ring (bicyclic) bond motifs is 2. The van der Waals surface area contributed by atoms with Gasteiger partial charge in [0.15, 0.2) is 11.4 Å². The molecule has 1 aliphatic rings. The molecule has 4 nitrogen and oxygen atoms in total. The first-order valence-electron chi connectivity index (χ1n) is 6.79. The fourth-order valence-electron chi connectivity index (χ4n) is 2.74. The van der Waals surface area contributed by atoms with Gasteiger partial charge in [-0.1, -0.05) is 30.3 Å². The number of nitrogens with zero attached hydrogens (tertiary/aromatic N) is 3. The second-order valence-electron chi connectivity index (χ2n) is 5.07. The molecule has 0 N–H and O–H groups in total. The topological polar surface area (TPSA) is 47.3 Å². The molecule has 98 valence electrons. The molecule has 1 aliphatic carbocycles. The molecule has 4 heteroatoms. The molecule has 0 atom stereocenters. The third-order valence-corrected chi connectivity index (χ3v) is 3.77. The molecule has 1 aromatic carbocycles. The molecule has 0 unspecified atom stereocenters. The van der Waals surface area contributed by atoms with Crippen LogP contribution >= 0.6 is 0 Å². The van der Waals surface area contributed by atoms with Crippen molar-refractivity contribution in [3.63, 3.8) is 0 Å². The van der Waals surface area contributed by atoms with Gasteiger partial charge in [0.25, 0.3) is 0 Å². The second-order valence-corrected chi connectivity index (χ2v) is 5.07. The van der Waals surface area contributed by atoms with Crippen molar-refractivity contribution >= 4 is 11.4 Å². The number of carbonyl (C=O) groups excluding carboxylic acids is 1. The first kappa shape index (κ1) is 11.3. The summed E-state index contributed by atoms with van der Waals surface area (Å²) in [5, 5.41) is 4.34. The Morgan fingerprint density at radius 3 is 2.75 bits per heavy atom. The van der Waals surface area contributed by atoms with E-state index in [0.29, 0.717) is 6.42 Å². The molecule has 20 heavy (non-hydrogen) atoms. The van der Waals surface area contributed by atoms with Crippen molar-refractivity contribution in [2.75, 3.05) is 0 Å². The first-order valence-corrected chi connectivity index (χ1v) is 6.79. The molecular formula is C16H13N3O. The van der Waals surface area contributed by atoms with Gasteiger partial charge in [-0.05, 0) is 18.4 Å². The molecule has 2 aromatic heterocycles. The molecular weight excluding hydrogens is 250 g/mol. The third-order valence-electron chi connectivity index (χ3n) is 3.77. The molecule has 2 heterocycles. The molecule has 3 aromatic rings. The van der Waals surface area contributed by atoms with Crippen LogP contribution in [0.15, 0.2) is 42.7 Å². The first-order chi connectivity index (χ1) is 9.83. The van der Waals surface area contributed by atoms with Gasteiger partial charge in [0.05, 0.1) is 17.5 Å². The number of carbonyl (C=O) groups is 1. The molecule has 0 aliphatic heterocycles. The van der Waals surface area contributed by atoms with E-state index in [1.807, 2.05) is 42.7 Å². The Morgan fingerprint density at radius 2 is 1.90 bits per heavy atom. The fraction of sp³-hybridized carbons (Fsp3) is 0.188. The zero-order chi connectivity index (χ0) is 13.5. The normalized spacial score (nSPS) is 14.5. The number of aryl methyl sites for hydroxylation is 1. The van der Waals surface area contributed by atoms with Crippen LogP contribution in [0, 0.1) is 0 Å². The minimum atomic E-state index is 0.178. The monoisotopic (exact) mass is 263 g/mol. The highest BCUT2D eigenvalue weighted by Crippen LogP contribution is 2.26. The number of hydrogen-bond acceptors (Lipinski definition) is 3. The Kier molecular flexibility index (Phi) is 2.42. The summed E-state index contributed by atoms with van der Waals surface area (Å²) in [6.45, 7) is 0. The lowest BCUT2D eigenvalue weighted by Crippen LogP contribution is -2.14. The summed E-state index contributed by atoms with van der Waals surface area (Å²) in [6, 6.07) is 10.1. The maximum Gasteiger partial charge on any atom is 0.166 e. The van der Waals surface area contributed by atoms with E-state index in [-0.39, 0.29) is 5.78 Å². The number of rotatable bonds is 1. The van der Waals surface area contributed by atoms with E-state index < -0.39 is 0 Å². The molecule has 0 bridgehead atoms. The summed E-state index contributed by atoms with van der Waals surface area (Å²) in [7, 11) is 0. The van der Waals surface area contributed by atoms with Crippen LogP contribution in [0.5, 0.6) is 0 Å².